The van der Waals surface area contributed by atoms with Gasteiger partial charge in [-0.2, -0.15) is 0 Å². The Kier molecular flexibility index (Phi) is 7.11. The smallest absolute Gasteiger partial charge is 0.254 e. The third kappa shape index (κ3) is 6.26. The maximum atomic E-state index is 13.1. The molecule has 6 nitrogen and oxygen atoms in total. The van der Waals surface area contributed by atoms with Crippen molar-refractivity contribution in [1.29, 1.82) is 0 Å². The molecule has 2 N–H and O–H groups in total. The number of amides is 3. The van der Waals surface area contributed by atoms with Crippen LogP contribution in [0.25, 0.3) is 0 Å². The van der Waals surface area contributed by atoms with Crippen LogP contribution >= 0.6 is 0 Å². The normalized spacial score (nSPS) is 10.2. The number of carbonyl (C=O) groups is 3. The van der Waals surface area contributed by atoms with Crippen LogP contribution in [-0.2, 0) is 16.1 Å². The third-order valence-corrected chi connectivity index (χ3v) is 3.82. The fraction of sp³-hybridized carbons (Fsp3) is 0.286. The van der Waals surface area contributed by atoms with E-state index in [-0.39, 0.29) is 17.7 Å². The lowest BCUT2D eigenvalue weighted by Gasteiger charge is -2.23. The van der Waals surface area contributed by atoms with Crippen LogP contribution in [0.15, 0.2) is 48.5 Å². The molecule has 0 heterocycles. The summed E-state index contributed by atoms with van der Waals surface area (Å²) < 4.78 is 0. The molecule has 0 unspecified atom stereocenters. The van der Waals surface area contributed by atoms with Crippen molar-refractivity contribution in [3.05, 3.63) is 59.7 Å². The first-order chi connectivity index (χ1) is 12.9. The lowest BCUT2D eigenvalue weighted by Crippen LogP contribution is -2.31. The average molecular weight is 367 g/mol. The number of rotatable bonds is 7. The molecule has 3 amide bonds. The minimum Gasteiger partial charge on any atom is -0.334 e. The SMILES string of the molecule is CCCN(Cc1ccccc1)C(=O)c1cc(NC(C)=O)cc(NC(C)=O)c1. The predicted molar refractivity (Wildman–Crippen MR) is 107 cm³/mol. The number of carbonyl (C=O) groups excluding carboxylic acids is 3. The van der Waals surface area contributed by atoms with Crippen LogP contribution in [-0.4, -0.2) is 29.2 Å². The first-order valence-corrected chi connectivity index (χ1v) is 8.92. The lowest BCUT2D eigenvalue weighted by molar-refractivity contribution is -0.115. The Morgan fingerprint density at radius 3 is 1.93 bits per heavy atom. The molecule has 2 aromatic rings. The van der Waals surface area contributed by atoms with Crippen molar-refractivity contribution in [3.63, 3.8) is 0 Å². The van der Waals surface area contributed by atoms with Crippen molar-refractivity contribution in [2.75, 3.05) is 17.2 Å². The second-order valence-corrected chi connectivity index (χ2v) is 6.37. The summed E-state index contributed by atoms with van der Waals surface area (Å²) in [6.45, 7) is 5.90. The van der Waals surface area contributed by atoms with E-state index in [9.17, 15) is 14.4 Å². The number of hydrogen-bond donors (Lipinski definition) is 2. The van der Waals surface area contributed by atoms with E-state index >= 15 is 0 Å². The van der Waals surface area contributed by atoms with Gasteiger partial charge in [0.05, 0.1) is 0 Å². The van der Waals surface area contributed by atoms with Crippen molar-refractivity contribution in [3.8, 4) is 0 Å². The molecule has 6 heteroatoms. The Bertz CT molecular complexity index is 784. The first kappa shape index (κ1) is 20.2. The van der Waals surface area contributed by atoms with E-state index in [2.05, 4.69) is 10.6 Å². The Balaban J connectivity index is 2.34. The van der Waals surface area contributed by atoms with E-state index in [1.807, 2.05) is 37.3 Å². The molecule has 142 valence electrons. The molecule has 0 atom stereocenters. The van der Waals surface area contributed by atoms with Gasteiger partial charge in [-0.1, -0.05) is 37.3 Å². The average Bonchev–Trinajstić information content (AvgIpc) is 2.60. The van der Waals surface area contributed by atoms with Crippen LogP contribution in [0.1, 0.15) is 43.1 Å². The summed E-state index contributed by atoms with van der Waals surface area (Å²) in [4.78, 5) is 37.7. The summed E-state index contributed by atoms with van der Waals surface area (Å²) in [5, 5.41) is 5.35. The Morgan fingerprint density at radius 2 is 1.44 bits per heavy atom. The van der Waals surface area contributed by atoms with E-state index in [4.69, 9.17) is 0 Å². The number of anilines is 2. The van der Waals surface area contributed by atoms with Crippen LogP contribution in [0.4, 0.5) is 11.4 Å². The Hall–Kier alpha value is -3.15. The fourth-order valence-electron chi connectivity index (χ4n) is 2.81. The van der Waals surface area contributed by atoms with Gasteiger partial charge in [0.25, 0.3) is 5.91 Å². The van der Waals surface area contributed by atoms with Gasteiger partial charge in [-0.3, -0.25) is 14.4 Å². The molecular weight excluding hydrogens is 342 g/mol. The highest BCUT2D eigenvalue weighted by Crippen LogP contribution is 2.21. The number of hydrogen-bond acceptors (Lipinski definition) is 3. The van der Waals surface area contributed by atoms with Crippen LogP contribution in [0.3, 0.4) is 0 Å². The van der Waals surface area contributed by atoms with E-state index in [1.54, 1.807) is 23.1 Å². The molecular formula is C21H25N3O3. The van der Waals surface area contributed by atoms with Crippen LogP contribution in [0.2, 0.25) is 0 Å². The predicted octanol–water partition coefficient (Wildman–Crippen LogP) is 3.66. The van der Waals surface area contributed by atoms with Gasteiger partial charge in [0.1, 0.15) is 0 Å². The molecule has 0 aromatic heterocycles. The highest BCUT2D eigenvalue weighted by atomic mass is 16.2. The van der Waals surface area contributed by atoms with Gasteiger partial charge in [-0.05, 0) is 30.2 Å². The van der Waals surface area contributed by atoms with Crippen molar-refractivity contribution in [2.24, 2.45) is 0 Å². The first-order valence-electron chi connectivity index (χ1n) is 8.92. The van der Waals surface area contributed by atoms with Crippen LogP contribution in [0.5, 0.6) is 0 Å². The summed E-state index contributed by atoms with van der Waals surface area (Å²) in [6, 6.07) is 14.7. The molecule has 0 saturated carbocycles. The quantitative estimate of drug-likeness (QED) is 0.784. The molecule has 0 saturated heterocycles. The van der Waals surface area contributed by atoms with Gasteiger partial charge >= 0.3 is 0 Å². The molecule has 0 spiro atoms. The van der Waals surface area contributed by atoms with Crippen molar-refractivity contribution >= 4 is 29.1 Å². The highest BCUT2D eigenvalue weighted by Gasteiger charge is 2.17. The Morgan fingerprint density at radius 1 is 0.889 bits per heavy atom. The minimum absolute atomic E-state index is 0.153. The second-order valence-electron chi connectivity index (χ2n) is 6.37. The zero-order valence-electron chi connectivity index (χ0n) is 15.9. The molecule has 0 fully saturated rings. The zero-order valence-corrected chi connectivity index (χ0v) is 15.9. The Labute approximate surface area is 159 Å². The van der Waals surface area contributed by atoms with Gasteiger partial charge < -0.3 is 15.5 Å². The molecule has 0 bridgehead atoms. The van der Waals surface area contributed by atoms with Crippen LogP contribution in [0, 0.1) is 0 Å². The monoisotopic (exact) mass is 367 g/mol. The molecule has 2 aromatic carbocycles. The molecule has 2 rings (SSSR count). The molecule has 0 aliphatic rings. The van der Waals surface area contributed by atoms with E-state index in [0.717, 1.165) is 12.0 Å². The summed E-state index contributed by atoms with van der Waals surface area (Å²) in [6.07, 6.45) is 0.822. The van der Waals surface area contributed by atoms with Crippen LogP contribution < -0.4 is 10.6 Å². The molecule has 27 heavy (non-hydrogen) atoms. The number of benzene rings is 2. The minimum atomic E-state index is -0.247. The van der Waals surface area contributed by atoms with Crippen molar-refractivity contribution in [1.82, 2.24) is 4.90 Å². The van der Waals surface area contributed by atoms with Gasteiger partial charge in [0.15, 0.2) is 0 Å². The topological polar surface area (TPSA) is 78.5 Å². The van der Waals surface area contributed by atoms with Gasteiger partial charge in [-0.15, -0.1) is 0 Å². The highest BCUT2D eigenvalue weighted by molar-refractivity contribution is 6.00. The number of nitrogens with one attached hydrogen (secondary N) is 2. The van der Waals surface area contributed by atoms with Crippen molar-refractivity contribution in [2.45, 2.75) is 33.7 Å². The second kappa shape index (κ2) is 9.52. The largest absolute Gasteiger partial charge is 0.334 e. The van der Waals surface area contributed by atoms with E-state index in [0.29, 0.717) is 30.0 Å². The summed E-state index contributed by atoms with van der Waals surface area (Å²) >= 11 is 0. The maximum absolute atomic E-state index is 13.1. The zero-order chi connectivity index (χ0) is 19.8. The van der Waals surface area contributed by atoms with E-state index in [1.165, 1.54) is 13.8 Å². The molecule has 0 radical (unpaired) electrons. The fourth-order valence-corrected chi connectivity index (χ4v) is 2.81. The van der Waals surface area contributed by atoms with E-state index < -0.39 is 0 Å². The summed E-state index contributed by atoms with van der Waals surface area (Å²) in [5.41, 5.74) is 2.38. The number of nitrogens with zero attached hydrogens (tertiary/aromatic N) is 1. The standard InChI is InChI=1S/C21H25N3O3/c1-4-10-24(14-17-8-6-5-7-9-17)21(27)18-11-19(22-15(2)25)13-20(12-18)23-16(3)26/h5-9,11-13H,4,10,14H2,1-3H3,(H,22,25)(H,23,26). The molecule has 0 aliphatic heterocycles. The van der Waals surface area contributed by atoms with Gasteiger partial charge in [0.2, 0.25) is 11.8 Å². The molecule has 0 aliphatic carbocycles. The van der Waals surface area contributed by atoms with Gasteiger partial charge in [0, 0.05) is 43.9 Å². The van der Waals surface area contributed by atoms with Gasteiger partial charge in [-0.25, -0.2) is 0 Å². The lowest BCUT2D eigenvalue weighted by atomic mass is 10.1. The summed E-state index contributed by atoms with van der Waals surface area (Å²) in [7, 11) is 0. The third-order valence-electron chi connectivity index (χ3n) is 3.82. The van der Waals surface area contributed by atoms with Crippen molar-refractivity contribution < 1.29 is 14.4 Å². The summed E-state index contributed by atoms with van der Waals surface area (Å²) in [5.74, 6) is -0.648. The maximum Gasteiger partial charge on any atom is 0.254 e.